The van der Waals surface area contributed by atoms with E-state index in [1.165, 1.54) is 0 Å². The summed E-state index contributed by atoms with van der Waals surface area (Å²) in [7, 11) is 0. The van der Waals surface area contributed by atoms with Crippen molar-refractivity contribution in [3.05, 3.63) is 20.8 Å². The zero-order chi connectivity index (χ0) is 11.4. The van der Waals surface area contributed by atoms with Crippen molar-refractivity contribution in [3.63, 3.8) is 0 Å². The van der Waals surface area contributed by atoms with Crippen LogP contribution < -0.4 is 16.6 Å². The van der Waals surface area contributed by atoms with Crippen molar-refractivity contribution in [1.29, 1.82) is 0 Å². The van der Waals surface area contributed by atoms with Crippen molar-refractivity contribution in [3.8, 4) is 0 Å². The number of hydrogen-bond acceptors (Lipinski definition) is 6. The van der Waals surface area contributed by atoms with Gasteiger partial charge < -0.3 is 14.8 Å². The second kappa shape index (κ2) is 4.90. The number of H-pyrrole nitrogens is 2. The molecule has 16 heavy (non-hydrogen) atoms. The van der Waals surface area contributed by atoms with Crippen LogP contribution in [0.1, 0.15) is 0 Å². The molecule has 0 amide bonds. The Bertz CT molecular complexity index is 448. The Hall–Kier alpha value is -1.67. The predicted octanol–water partition coefficient (Wildman–Crippen LogP) is -1.71. The number of aromatic amines is 2. The standard InChI is InChI=1S/C8H12N4O4/c13-7-6(11-12-8(14)10-7)9-3-5-4-15-1-2-16-5/h5H,1-4H2,(H,9,11)(H2,10,12,13,14). The molecule has 1 atom stereocenters. The minimum absolute atomic E-state index is 0.0637. The first kappa shape index (κ1) is 10.8. The summed E-state index contributed by atoms with van der Waals surface area (Å²) in [5.74, 6) is 0.0637. The molecule has 0 aromatic carbocycles. The zero-order valence-corrected chi connectivity index (χ0v) is 8.49. The molecule has 1 saturated heterocycles. The Morgan fingerprint density at radius 2 is 2.31 bits per heavy atom. The summed E-state index contributed by atoms with van der Waals surface area (Å²) in [5.41, 5.74) is -1.19. The van der Waals surface area contributed by atoms with Crippen LogP contribution >= 0.6 is 0 Å². The van der Waals surface area contributed by atoms with Gasteiger partial charge in [0.05, 0.1) is 25.9 Å². The van der Waals surface area contributed by atoms with Crippen LogP contribution in [0.3, 0.4) is 0 Å². The Morgan fingerprint density at radius 3 is 3.00 bits per heavy atom. The van der Waals surface area contributed by atoms with Gasteiger partial charge in [-0.2, -0.15) is 0 Å². The van der Waals surface area contributed by atoms with Gasteiger partial charge in [0.25, 0.3) is 5.56 Å². The molecule has 1 aliphatic heterocycles. The van der Waals surface area contributed by atoms with Gasteiger partial charge in [0.1, 0.15) is 0 Å². The molecule has 0 saturated carbocycles. The van der Waals surface area contributed by atoms with E-state index >= 15 is 0 Å². The van der Waals surface area contributed by atoms with Gasteiger partial charge in [-0.15, -0.1) is 5.10 Å². The van der Waals surface area contributed by atoms with E-state index in [-0.39, 0.29) is 11.9 Å². The van der Waals surface area contributed by atoms with Crippen molar-refractivity contribution in [1.82, 2.24) is 15.2 Å². The highest BCUT2D eigenvalue weighted by Crippen LogP contribution is 2.00. The largest absolute Gasteiger partial charge is 0.376 e. The lowest BCUT2D eigenvalue weighted by Gasteiger charge is -2.22. The lowest BCUT2D eigenvalue weighted by atomic mass is 10.3. The monoisotopic (exact) mass is 228 g/mol. The molecule has 1 aromatic heterocycles. The fraction of sp³-hybridized carbons (Fsp3) is 0.625. The summed E-state index contributed by atoms with van der Waals surface area (Å²) in [4.78, 5) is 24.0. The van der Waals surface area contributed by atoms with Gasteiger partial charge >= 0.3 is 5.69 Å². The Morgan fingerprint density at radius 1 is 1.44 bits per heavy atom. The number of aromatic nitrogens is 3. The van der Waals surface area contributed by atoms with Gasteiger partial charge in [0, 0.05) is 6.54 Å². The van der Waals surface area contributed by atoms with Crippen LogP contribution in [0.2, 0.25) is 0 Å². The van der Waals surface area contributed by atoms with Crippen LogP contribution in [0, 0.1) is 0 Å². The minimum Gasteiger partial charge on any atom is -0.376 e. The SMILES string of the molecule is O=c1[nH]nc(NCC2COCCO2)c(=O)[nH]1. The number of anilines is 1. The number of rotatable bonds is 3. The summed E-state index contributed by atoms with van der Waals surface area (Å²) in [6, 6.07) is 0. The number of nitrogens with zero attached hydrogens (tertiary/aromatic N) is 1. The molecule has 1 aliphatic rings. The molecule has 0 spiro atoms. The van der Waals surface area contributed by atoms with Gasteiger partial charge in [-0.25, -0.2) is 9.89 Å². The van der Waals surface area contributed by atoms with E-state index in [1.54, 1.807) is 0 Å². The van der Waals surface area contributed by atoms with Crippen LogP contribution in [-0.2, 0) is 9.47 Å². The third kappa shape index (κ3) is 2.67. The molecule has 2 rings (SSSR count). The topological polar surface area (TPSA) is 109 Å². The lowest BCUT2D eigenvalue weighted by molar-refractivity contribution is -0.0819. The maximum absolute atomic E-state index is 11.2. The molecule has 0 aliphatic carbocycles. The van der Waals surface area contributed by atoms with Crippen LogP contribution in [-0.4, -0.2) is 47.7 Å². The van der Waals surface area contributed by atoms with Crippen molar-refractivity contribution in [2.75, 3.05) is 31.7 Å². The molecule has 0 bridgehead atoms. The second-order valence-electron chi connectivity index (χ2n) is 3.30. The molecule has 8 nitrogen and oxygen atoms in total. The molecular weight excluding hydrogens is 216 g/mol. The van der Waals surface area contributed by atoms with E-state index in [1.807, 2.05) is 0 Å². The summed E-state index contributed by atoms with van der Waals surface area (Å²) in [6.45, 7) is 2.02. The van der Waals surface area contributed by atoms with Crippen molar-refractivity contribution >= 4 is 5.82 Å². The smallest absolute Gasteiger partial charge is 0.342 e. The third-order valence-electron chi connectivity index (χ3n) is 2.09. The molecular formula is C8H12N4O4. The molecule has 8 heteroatoms. The van der Waals surface area contributed by atoms with Crippen LogP contribution in [0.5, 0.6) is 0 Å². The second-order valence-corrected chi connectivity index (χ2v) is 3.30. The number of ether oxygens (including phenoxy) is 2. The molecule has 0 radical (unpaired) electrons. The van der Waals surface area contributed by atoms with E-state index in [0.717, 1.165) is 0 Å². The van der Waals surface area contributed by atoms with E-state index in [9.17, 15) is 9.59 Å². The van der Waals surface area contributed by atoms with Gasteiger partial charge in [0.15, 0.2) is 0 Å². The van der Waals surface area contributed by atoms with Gasteiger partial charge in [0.2, 0.25) is 5.82 Å². The van der Waals surface area contributed by atoms with Gasteiger partial charge in [-0.1, -0.05) is 0 Å². The predicted molar refractivity (Wildman–Crippen MR) is 54.5 cm³/mol. The molecule has 88 valence electrons. The Kier molecular flexibility index (Phi) is 3.32. The summed E-state index contributed by atoms with van der Waals surface area (Å²) >= 11 is 0. The van der Waals surface area contributed by atoms with Gasteiger partial charge in [-0.3, -0.25) is 9.78 Å². The van der Waals surface area contributed by atoms with Crippen molar-refractivity contribution < 1.29 is 9.47 Å². The summed E-state index contributed by atoms with van der Waals surface area (Å²) < 4.78 is 10.6. The summed E-state index contributed by atoms with van der Waals surface area (Å²) in [5, 5.41) is 8.49. The van der Waals surface area contributed by atoms with Gasteiger partial charge in [-0.05, 0) is 0 Å². The molecule has 1 unspecified atom stereocenters. The fourth-order valence-corrected chi connectivity index (χ4v) is 1.33. The maximum atomic E-state index is 11.2. The van der Waals surface area contributed by atoms with Crippen LogP contribution in [0.25, 0.3) is 0 Å². The highest BCUT2D eigenvalue weighted by Gasteiger charge is 2.14. The number of hydrogen-bond donors (Lipinski definition) is 3. The van der Waals surface area contributed by atoms with E-state index in [2.05, 4.69) is 20.5 Å². The normalized spacial score (nSPS) is 20.6. The quantitative estimate of drug-likeness (QED) is 0.568. The Labute approximate surface area is 90.0 Å². The van der Waals surface area contributed by atoms with Crippen LogP contribution in [0.4, 0.5) is 5.82 Å². The van der Waals surface area contributed by atoms with Crippen LogP contribution in [0.15, 0.2) is 9.59 Å². The van der Waals surface area contributed by atoms with Crippen molar-refractivity contribution in [2.45, 2.75) is 6.10 Å². The molecule has 1 aromatic rings. The average molecular weight is 228 g/mol. The molecule has 2 heterocycles. The first-order valence-corrected chi connectivity index (χ1v) is 4.88. The van der Waals surface area contributed by atoms with E-state index in [4.69, 9.17) is 9.47 Å². The third-order valence-corrected chi connectivity index (χ3v) is 2.09. The van der Waals surface area contributed by atoms with E-state index in [0.29, 0.717) is 26.4 Å². The first-order valence-electron chi connectivity index (χ1n) is 4.88. The number of nitrogens with one attached hydrogen (secondary N) is 3. The fourth-order valence-electron chi connectivity index (χ4n) is 1.33. The van der Waals surface area contributed by atoms with Crippen molar-refractivity contribution in [2.24, 2.45) is 0 Å². The summed E-state index contributed by atoms with van der Waals surface area (Å²) in [6.07, 6.45) is -0.109. The first-order chi connectivity index (χ1) is 7.75. The molecule has 1 fully saturated rings. The minimum atomic E-state index is -0.632. The lowest BCUT2D eigenvalue weighted by Crippen LogP contribution is -2.36. The average Bonchev–Trinajstić information content (AvgIpc) is 2.29. The highest BCUT2D eigenvalue weighted by molar-refractivity contribution is 5.28. The zero-order valence-electron chi connectivity index (χ0n) is 8.49. The highest BCUT2D eigenvalue weighted by atomic mass is 16.6. The van der Waals surface area contributed by atoms with E-state index < -0.39 is 11.2 Å². The maximum Gasteiger partial charge on any atom is 0.342 e. The Balaban J connectivity index is 1.93. The molecule has 3 N–H and O–H groups in total.